The third-order valence-corrected chi connectivity index (χ3v) is 3.65. The summed E-state index contributed by atoms with van der Waals surface area (Å²) < 4.78 is 1.77. The van der Waals surface area contributed by atoms with Crippen molar-refractivity contribution in [1.29, 1.82) is 0 Å². The van der Waals surface area contributed by atoms with Crippen LogP contribution >= 0.6 is 0 Å². The van der Waals surface area contributed by atoms with E-state index < -0.39 is 0 Å². The molecule has 0 spiro atoms. The Hall–Kier alpha value is -1.68. The van der Waals surface area contributed by atoms with Crippen LogP contribution in [0.15, 0.2) is 30.5 Å². The molecule has 0 amide bonds. The summed E-state index contributed by atoms with van der Waals surface area (Å²) in [7, 11) is 1.91. The minimum atomic E-state index is 0.460. The molecule has 0 saturated carbocycles. The Bertz CT molecular complexity index is 547. The lowest BCUT2D eigenvalue weighted by atomic mass is 10.0. The van der Waals surface area contributed by atoms with Crippen LogP contribution in [0.3, 0.4) is 0 Å². The van der Waals surface area contributed by atoms with E-state index in [1.807, 2.05) is 13.2 Å². The van der Waals surface area contributed by atoms with Gasteiger partial charge in [0.15, 0.2) is 0 Å². The van der Waals surface area contributed by atoms with Gasteiger partial charge in [0.1, 0.15) is 0 Å². The van der Waals surface area contributed by atoms with Crippen molar-refractivity contribution in [2.45, 2.75) is 45.6 Å². The van der Waals surface area contributed by atoms with Gasteiger partial charge in [-0.15, -0.1) is 5.10 Å². The molecule has 2 rings (SSSR count). The van der Waals surface area contributed by atoms with Gasteiger partial charge in [0.05, 0.1) is 5.69 Å². The lowest BCUT2D eigenvalue weighted by molar-refractivity contribution is 0.473. The number of rotatable bonds is 8. The Morgan fingerprint density at radius 2 is 2.19 bits per heavy atom. The van der Waals surface area contributed by atoms with E-state index >= 15 is 0 Å². The second-order valence-corrected chi connectivity index (χ2v) is 5.77. The molecule has 0 saturated heterocycles. The molecule has 4 heteroatoms. The molecule has 1 heterocycles. The fraction of sp³-hybridized carbons (Fsp3) is 0.529. The Kier molecular flexibility index (Phi) is 5.93. The second kappa shape index (κ2) is 7.93. The molecule has 1 N–H and O–H groups in total. The third kappa shape index (κ3) is 5.31. The van der Waals surface area contributed by atoms with Crippen LogP contribution in [-0.2, 0) is 19.9 Å². The number of nitrogens with zero attached hydrogens (tertiary/aromatic N) is 3. The number of hydrogen-bond acceptors (Lipinski definition) is 3. The molecule has 0 radical (unpaired) electrons. The van der Waals surface area contributed by atoms with Gasteiger partial charge in [-0.25, -0.2) is 0 Å². The van der Waals surface area contributed by atoms with Crippen LogP contribution in [0.1, 0.15) is 36.6 Å². The van der Waals surface area contributed by atoms with Crippen LogP contribution in [0.25, 0.3) is 0 Å². The summed E-state index contributed by atoms with van der Waals surface area (Å²) in [6.45, 7) is 5.40. The van der Waals surface area contributed by atoms with Crippen LogP contribution in [0.2, 0.25) is 0 Å². The lowest BCUT2D eigenvalue weighted by Gasteiger charge is -2.17. The van der Waals surface area contributed by atoms with Crippen molar-refractivity contribution in [3.05, 3.63) is 47.3 Å². The van der Waals surface area contributed by atoms with Gasteiger partial charge >= 0.3 is 0 Å². The fourth-order valence-corrected chi connectivity index (χ4v) is 2.57. The van der Waals surface area contributed by atoms with E-state index in [1.54, 1.807) is 4.68 Å². The Morgan fingerprint density at radius 3 is 2.86 bits per heavy atom. The molecule has 1 aromatic heterocycles. The van der Waals surface area contributed by atoms with E-state index in [0.717, 1.165) is 37.9 Å². The van der Waals surface area contributed by atoms with Gasteiger partial charge < -0.3 is 5.32 Å². The quantitative estimate of drug-likeness (QED) is 0.811. The maximum atomic E-state index is 4.21. The van der Waals surface area contributed by atoms with Crippen LogP contribution in [0.4, 0.5) is 0 Å². The largest absolute Gasteiger partial charge is 0.314 e. The summed E-state index contributed by atoms with van der Waals surface area (Å²) in [5, 5.41) is 11.9. The average Bonchev–Trinajstić information content (AvgIpc) is 2.87. The number of aryl methyl sites for hydroxylation is 3. The van der Waals surface area contributed by atoms with E-state index in [9.17, 15) is 0 Å². The fourth-order valence-electron chi connectivity index (χ4n) is 2.57. The number of nitrogens with one attached hydrogen (secondary N) is 1. The molecule has 0 aliphatic carbocycles. The van der Waals surface area contributed by atoms with Gasteiger partial charge in [-0.2, -0.15) is 0 Å². The Labute approximate surface area is 127 Å². The second-order valence-electron chi connectivity index (χ2n) is 5.77. The first-order valence-corrected chi connectivity index (χ1v) is 7.81. The normalized spacial score (nSPS) is 12.5. The summed E-state index contributed by atoms with van der Waals surface area (Å²) in [4.78, 5) is 0. The molecular formula is C17H26N4. The standard InChI is InChI=1S/C17H26N4/c1-4-10-18-16(12-17-13-21(3)20-19-17)9-8-15-7-5-6-14(2)11-15/h5-7,11,13,16,18H,4,8-10,12H2,1-3H3. The number of aromatic nitrogens is 3. The first-order valence-electron chi connectivity index (χ1n) is 7.81. The SMILES string of the molecule is CCCNC(CCc1cccc(C)c1)Cc1cn(C)nn1. The van der Waals surface area contributed by atoms with E-state index in [4.69, 9.17) is 0 Å². The molecule has 1 unspecified atom stereocenters. The minimum Gasteiger partial charge on any atom is -0.314 e. The van der Waals surface area contributed by atoms with Crippen molar-refractivity contribution in [1.82, 2.24) is 20.3 Å². The van der Waals surface area contributed by atoms with Gasteiger partial charge in [-0.1, -0.05) is 42.0 Å². The molecule has 21 heavy (non-hydrogen) atoms. The predicted molar refractivity (Wildman–Crippen MR) is 86.3 cm³/mol. The zero-order valence-corrected chi connectivity index (χ0v) is 13.3. The molecule has 0 aliphatic heterocycles. The molecular weight excluding hydrogens is 260 g/mol. The van der Waals surface area contributed by atoms with Crippen molar-refractivity contribution in [2.24, 2.45) is 7.05 Å². The van der Waals surface area contributed by atoms with Crippen LogP contribution < -0.4 is 5.32 Å². The maximum absolute atomic E-state index is 4.21. The van der Waals surface area contributed by atoms with Gasteiger partial charge in [-0.3, -0.25) is 4.68 Å². The lowest BCUT2D eigenvalue weighted by Crippen LogP contribution is -2.32. The molecule has 2 aromatic rings. The van der Waals surface area contributed by atoms with Crippen LogP contribution in [0, 0.1) is 6.92 Å². The minimum absolute atomic E-state index is 0.460. The predicted octanol–water partition coefficient (Wildman–Crippen LogP) is 2.67. The molecule has 4 nitrogen and oxygen atoms in total. The van der Waals surface area contributed by atoms with E-state index in [0.29, 0.717) is 6.04 Å². The zero-order valence-electron chi connectivity index (χ0n) is 13.3. The van der Waals surface area contributed by atoms with Gasteiger partial charge in [-0.05, 0) is 38.3 Å². The average molecular weight is 286 g/mol. The summed E-state index contributed by atoms with van der Waals surface area (Å²) in [5.41, 5.74) is 3.81. The molecule has 0 bridgehead atoms. The van der Waals surface area contributed by atoms with Gasteiger partial charge in [0, 0.05) is 25.7 Å². The maximum Gasteiger partial charge on any atom is 0.0842 e. The van der Waals surface area contributed by atoms with Crippen LogP contribution in [0.5, 0.6) is 0 Å². The van der Waals surface area contributed by atoms with Crippen molar-refractivity contribution >= 4 is 0 Å². The third-order valence-electron chi connectivity index (χ3n) is 3.65. The summed E-state index contributed by atoms with van der Waals surface area (Å²) in [6.07, 6.45) is 6.33. The molecule has 0 aliphatic rings. The highest BCUT2D eigenvalue weighted by Gasteiger charge is 2.11. The number of hydrogen-bond donors (Lipinski definition) is 1. The highest BCUT2D eigenvalue weighted by atomic mass is 15.4. The Morgan fingerprint density at radius 1 is 1.33 bits per heavy atom. The summed E-state index contributed by atoms with van der Waals surface area (Å²) >= 11 is 0. The molecule has 114 valence electrons. The number of benzene rings is 1. The topological polar surface area (TPSA) is 42.7 Å². The molecule has 0 fully saturated rings. The molecule has 1 atom stereocenters. The van der Waals surface area contributed by atoms with Crippen molar-refractivity contribution in [3.63, 3.8) is 0 Å². The summed E-state index contributed by atoms with van der Waals surface area (Å²) in [5.74, 6) is 0. The smallest absolute Gasteiger partial charge is 0.0842 e. The van der Waals surface area contributed by atoms with Crippen LogP contribution in [-0.4, -0.2) is 27.6 Å². The van der Waals surface area contributed by atoms with E-state index in [2.05, 4.69) is 53.7 Å². The highest BCUT2D eigenvalue weighted by molar-refractivity contribution is 5.22. The summed E-state index contributed by atoms with van der Waals surface area (Å²) in [6, 6.07) is 9.24. The van der Waals surface area contributed by atoms with Crippen molar-refractivity contribution in [2.75, 3.05) is 6.54 Å². The first-order chi connectivity index (χ1) is 10.2. The van der Waals surface area contributed by atoms with E-state index in [-0.39, 0.29) is 0 Å². The molecule has 1 aromatic carbocycles. The first kappa shape index (κ1) is 15.7. The van der Waals surface area contributed by atoms with E-state index in [1.165, 1.54) is 11.1 Å². The highest BCUT2D eigenvalue weighted by Crippen LogP contribution is 2.10. The van der Waals surface area contributed by atoms with Gasteiger partial charge in [0.2, 0.25) is 0 Å². The van der Waals surface area contributed by atoms with Gasteiger partial charge in [0.25, 0.3) is 0 Å². The zero-order chi connectivity index (χ0) is 15.1. The Balaban J connectivity index is 1.92. The monoisotopic (exact) mass is 286 g/mol. The van der Waals surface area contributed by atoms with Crippen molar-refractivity contribution in [3.8, 4) is 0 Å². The van der Waals surface area contributed by atoms with Crippen molar-refractivity contribution < 1.29 is 0 Å².